The third-order valence-corrected chi connectivity index (χ3v) is 3.73. The zero-order valence-electron chi connectivity index (χ0n) is 11.2. The van der Waals surface area contributed by atoms with Crippen LogP contribution >= 0.6 is 11.3 Å². The molecular weight excluding hydrogens is 242 g/mol. The van der Waals surface area contributed by atoms with Gasteiger partial charge in [-0.3, -0.25) is 0 Å². The predicted molar refractivity (Wildman–Crippen MR) is 77.1 cm³/mol. The summed E-state index contributed by atoms with van der Waals surface area (Å²) in [6, 6.07) is 6.51. The Morgan fingerprint density at radius 3 is 2.50 bits per heavy atom. The molecule has 0 saturated carbocycles. The zero-order chi connectivity index (χ0) is 13.0. The molecule has 0 aliphatic rings. The second-order valence-electron chi connectivity index (χ2n) is 4.48. The number of likely N-dealkylation sites (N-methyl/N-ethyl adjacent to an activating group) is 1. The molecule has 0 bridgehead atoms. The van der Waals surface area contributed by atoms with Gasteiger partial charge in [-0.2, -0.15) is 0 Å². The summed E-state index contributed by atoms with van der Waals surface area (Å²) in [6.07, 6.45) is 0.955. The van der Waals surface area contributed by atoms with E-state index in [0.717, 1.165) is 29.5 Å². The molecule has 1 aromatic carbocycles. The molecule has 1 heterocycles. The molecule has 1 aromatic heterocycles. The lowest BCUT2D eigenvalue weighted by molar-refractivity contribution is 0.710. The Hall–Kier alpha value is -1.26. The molecule has 1 N–H and O–H groups in total. The minimum atomic E-state index is 0.955. The van der Waals surface area contributed by atoms with Crippen LogP contribution in [0.15, 0.2) is 18.2 Å². The highest BCUT2D eigenvalue weighted by Crippen LogP contribution is 2.25. The van der Waals surface area contributed by atoms with Crippen LogP contribution in [0.1, 0.15) is 23.1 Å². The Labute approximate surface area is 112 Å². The van der Waals surface area contributed by atoms with E-state index in [1.165, 1.54) is 16.7 Å². The van der Waals surface area contributed by atoms with E-state index in [-0.39, 0.29) is 0 Å². The van der Waals surface area contributed by atoms with E-state index in [1.54, 1.807) is 11.3 Å². The first kappa shape index (κ1) is 13.2. The Kier molecular flexibility index (Phi) is 4.44. The number of hydrogen-bond donors (Lipinski definition) is 1. The van der Waals surface area contributed by atoms with Crippen LogP contribution in [0.3, 0.4) is 0 Å². The fourth-order valence-corrected chi connectivity index (χ4v) is 2.77. The van der Waals surface area contributed by atoms with Crippen molar-refractivity contribution in [1.82, 2.24) is 15.5 Å². The lowest BCUT2D eigenvalue weighted by atomic mass is 10.1. The fourth-order valence-electron chi connectivity index (χ4n) is 1.94. The van der Waals surface area contributed by atoms with Gasteiger partial charge < -0.3 is 5.32 Å². The molecule has 0 saturated heterocycles. The van der Waals surface area contributed by atoms with Gasteiger partial charge in [0.15, 0.2) is 0 Å². The Bertz CT molecular complexity index is 499. The highest BCUT2D eigenvalue weighted by atomic mass is 32.1. The molecule has 0 amide bonds. The second-order valence-corrected chi connectivity index (χ2v) is 5.54. The van der Waals surface area contributed by atoms with Crippen LogP contribution < -0.4 is 5.32 Å². The highest BCUT2D eigenvalue weighted by molar-refractivity contribution is 7.14. The Morgan fingerprint density at radius 2 is 1.83 bits per heavy atom. The SMILES string of the molecule is CCNCCc1nnc(-c2cc(C)cc(C)c2)s1. The Morgan fingerprint density at radius 1 is 1.11 bits per heavy atom. The van der Waals surface area contributed by atoms with Crippen molar-refractivity contribution in [1.29, 1.82) is 0 Å². The minimum absolute atomic E-state index is 0.955. The molecule has 96 valence electrons. The normalized spacial score (nSPS) is 10.8. The van der Waals surface area contributed by atoms with Gasteiger partial charge in [0.25, 0.3) is 0 Å². The third-order valence-electron chi connectivity index (χ3n) is 2.70. The number of aromatic nitrogens is 2. The van der Waals surface area contributed by atoms with Crippen LogP contribution in [0.25, 0.3) is 10.6 Å². The number of nitrogens with one attached hydrogen (secondary N) is 1. The van der Waals surface area contributed by atoms with E-state index < -0.39 is 0 Å². The molecule has 2 aromatic rings. The molecule has 0 aliphatic heterocycles. The van der Waals surface area contributed by atoms with Crippen LogP contribution in [0.4, 0.5) is 0 Å². The van der Waals surface area contributed by atoms with Gasteiger partial charge in [0.05, 0.1) is 0 Å². The predicted octanol–water partition coefficient (Wildman–Crippen LogP) is 2.97. The van der Waals surface area contributed by atoms with E-state index in [1.807, 2.05) is 0 Å². The molecule has 0 unspecified atom stereocenters. The van der Waals surface area contributed by atoms with Crippen molar-refractivity contribution >= 4 is 11.3 Å². The monoisotopic (exact) mass is 261 g/mol. The molecular formula is C14H19N3S. The summed E-state index contributed by atoms with van der Waals surface area (Å²) in [7, 11) is 0. The highest BCUT2D eigenvalue weighted by Gasteiger charge is 2.07. The maximum Gasteiger partial charge on any atom is 0.147 e. The van der Waals surface area contributed by atoms with Crippen molar-refractivity contribution < 1.29 is 0 Å². The van der Waals surface area contributed by atoms with Gasteiger partial charge in [0, 0.05) is 18.5 Å². The van der Waals surface area contributed by atoms with E-state index in [9.17, 15) is 0 Å². The quantitative estimate of drug-likeness (QED) is 0.841. The van der Waals surface area contributed by atoms with Crippen LogP contribution in [0, 0.1) is 13.8 Å². The van der Waals surface area contributed by atoms with Gasteiger partial charge >= 0.3 is 0 Å². The van der Waals surface area contributed by atoms with Gasteiger partial charge in [-0.05, 0) is 32.5 Å². The number of rotatable bonds is 5. The van der Waals surface area contributed by atoms with Crippen LogP contribution in [-0.2, 0) is 6.42 Å². The average Bonchev–Trinajstić information content (AvgIpc) is 2.77. The number of benzene rings is 1. The summed E-state index contributed by atoms with van der Waals surface area (Å²) >= 11 is 1.69. The molecule has 0 atom stereocenters. The standard InChI is InChI=1S/C14H19N3S/c1-4-15-6-5-13-16-17-14(18-13)12-8-10(2)7-11(3)9-12/h7-9,15H,4-6H2,1-3H3. The van der Waals surface area contributed by atoms with Gasteiger partial charge in [0.2, 0.25) is 0 Å². The van der Waals surface area contributed by atoms with E-state index in [2.05, 4.69) is 54.5 Å². The topological polar surface area (TPSA) is 37.8 Å². The molecule has 0 fully saturated rings. The summed E-state index contributed by atoms with van der Waals surface area (Å²) in [5.74, 6) is 0. The third kappa shape index (κ3) is 3.37. The van der Waals surface area contributed by atoms with Gasteiger partial charge in [0.1, 0.15) is 10.0 Å². The van der Waals surface area contributed by atoms with E-state index in [4.69, 9.17) is 0 Å². The van der Waals surface area contributed by atoms with Gasteiger partial charge in [-0.25, -0.2) is 0 Å². The fraction of sp³-hybridized carbons (Fsp3) is 0.429. The first-order valence-electron chi connectivity index (χ1n) is 6.31. The van der Waals surface area contributed by atoms with Crippen molar-refractivity contribution in [2.45, 2.75) is 27.2 Å². The largest absolute Gasteiger partial charge is 0.317 e. The lowest BCUT2D eigenvalue weighted by Crippen LogP contribution is -2.15. The van der Waals surface area contributed by atoms with Gasteiger partial charge in [-0.15, -0.1) is 10.2 Å². The van der Waals surface area contributed by atoms with Crippen molar-refractivity contribution in [3.8, 4) is 10.6 Å². The van der Waals surface area contributed by atoms with Crippen molar-refractivity contribution in [3.63, 3.8) is 0 Å². The Balaban J connectivity index is 2.13. The molecule has 0 aliphatic carbocycles. The summed E-state index contributed by atoms with van der Waals surface area (Å²) in [5, 5.41) is 14.0. The summed E-state index contributed by atoms with van der Waals surface area (Å²) in [5.41, 5.74) is 3.73. The van der Waals surface area contributed by atoms with Gasteiger partial charge in [-0.1, -0.05) is 35.5 Å². The number of nitrogens with zero attached hydrogens (tertiary/aromatic N) is 2. The maximum absolute atomic E-state index is 4.29. The van der Waals surface area contributed by atoms with Crippen molar-refractivity contribution in [3.05, 3.63) is 34.3 Å². The smallest absolute Gasteiger partial charge is 0.147 e. The van der Waals surface area contributed by atoms with Crippen LogP contribution in [0.5, 0.6) is 0 Å². The molecule has 0 spiro atoms. The molecule has 4 heteroatoms. The van der Waals surface area contributed by atoms with Crippen LogP contribution in [0.2, 0.25) is 0 Å². The molecule has 18 heavy (non-hydrogen) atoms. The molecule has 3 nitrogen and oxygen atoms in total. The zero-order valence-corrected chi connectivity index (χ0v) is 12.0. The summed E-state index contributed by atoms with van der Waals surface area (Å²) < 4.78 is 0. The maximum atomic E-state index is 4.29. The van der Waals surface area contributed by atoms with Crippen molar-refractivity contribution in [2.24, 2.45) is 0 Å². The average molecular weight is 261 g/mol. The second kappa shape index (κ2) is 6.07. The minimum Gasteiger partial charge on any atom is -0.317 e. The van der Waals surface area contributed by atoms with E-state index in [0.29, 0.717) is 0 Å². The molecule has 0 radical (unpaired) electrons. The summed E-state index contributed by atoms with van der Waals surface area (Å²) in [6.45, 7) is 8.31. The van der Waals surface area contributed by atoms with E-state index >= 15 is 0 Å². The first-order valence-corrected chi connectivity index (χ1v) is 7.12. The number of hydrogen-bond acceptors (Lipinski definition) is 4. The molecule has 2 rings (SSSR count). The van der Waals surface area contributed by atoms with Crippen molar-refractivity contribution in [2.75, 3.05) is 13.1 Å². The lowest BCUT2D eigenvalue weighted by Gasteiger charge is -2.00. The first-order chi connectivity index (χ1) is 8.69. The van der Waals surface area contributed by atoms with Crippen LogP contribution in [-0.4, -0.2) is 23.3 Å². The summed E-state index contributed by atoms with van der Waals surface area (Å²) in [4.78, 5) is 0. The number of aryl methyl sites for hydroxylation is 2.